The standard InChI is InChI=1S/C32H37NO6/c1-3-19-36-32-29(33-24(2)34)31(38-22-27-17-11-6-12-18-27)30(37-21-26-15-9-5-10-16-26)28(39-32)23-35-20-25-13-7-4-8-14-25/h3-18,28-32H,1,19-23H2,2H3,(H,33,34)/t28-,29-,30-,31-,32+/m1/s1. The molecule has 3 aromatic carbocycles. The Kier molecular flexibility index (Phi) is 11.3. The van der Waals surface area contributed by atoms with Gasteiger partial charge < -0.3 is 29.0 Å². The molecule has 39 heavy (non-hydrogen) atoms. The highest BCUT2D eigenvalue weighted by Gasteiger charge is 2.48. The number of nitrogens with one attached hydrogen (secondary N) is 1. The zero-order valence-electron chi connectivity index (χ0n) is 22.3. The highest BCUT2D eigenvalue weighted by atomic mass is 16.7. The van der Waals surface area contributed by atoms with Gasteiger partial charge in [-0.05, 0) is 16.7 Å². The zero-order chi connectivity index (χ0) is 27.3. The second-order valence-corrected chi connectivity index (χ2v) is 9.41. The molecule has 1 aliphatic heterocycles. The summed E-state index contributed by atoms with van der Waals surface area (Å²) in [7, 11) is 0. The number of carbonyl (C=O) groups excluding carboxylic acids is 1. The molecule has 0 aromatic heterocycles. The van der Waals surface area contributed by atoms with Gasteiger partial charge in [0.25, 0.3) is 0 Å². The highest BCUT2D eigenvalue weighted by molar-refractivity contribution is 5.73. The summed E-state index contributed by atoms with van der Waals surface area (Å²) in [6.07, 6.45) is -0.781. The van der Waals surface area contributed by atoms with Crippen LogP contribution in [0.1, 0.15) is 23.6 Å². The number of ether oxygens (including phenoxy) is 5. The second-order valence-electron chi connectivity index (χ2n) is 9.41. The van der Waals surface area contributed by atoms with Crippen molar-refractivity contribution >= 4 is 5.91 Å². The smallest absolute Gasteiger partial charge is 0.217 e. The Bertz CT molecular complexity index is 1130. The molecule has 1 heterocycles. The molecule has 7 nitrogen and oxygen atoms in total. The average Bonchev–Trinajstić information content (AvgIpc) is 2.96. The lowest BCUT2D eigenvalue weighted by molar-refractivity contribution is -0.288. The van der Waals surface area contributed by atoms with Gasteiger partial charge in [0.15, 0.2) is 6.29 Å². The third kappa shape index (κ3) is 8.85. The molecule has 1 aliphatic rings. The summed E-state index contributed by atoms with van der Waals surface area (Å²) in [5.74, 6) is -0.218. The van der Waals surface area contributed by atoms with Gasteiger partial charge in [-0.1, -0.05) is 97.1 Å². The minimum absolute atomic E-state index is 0.218. The van der Waals surface area contributed by atoms with Crippen LogP contribution in [-0.4, -0.2) is 49.8 Å². The molecular weight excluding hydrogens is 494 g/mol. The van der Waals surface area contributed by atoms with Gasteiger partial charge in [0.1, 0.15) is 24.4 Å². The predicted molar refractivity (Wildman–Crippen MR) is 149 cm³/mol. The van der Waals surface area contributed by atoms with Crippen LogP contribution in [0.5, 0.6) is 0 Å². The molecule has 0 aliphatic carbocycles. The van der Waals surface area contributed by atoms with E-state index in [2.05, 4.69) is 11.9 Å². The fraction of sp³-hybridized carbons (Fsp3) is 0.344. The number of rotatable bonds is 14. The molecular formula is C32H37NO6. The van der Waals surface area contributed by atoms with Gasteiger partial charge in [-0.25, -0.2) is 0 Å². The summed E-state index contributed by atoms with van der Waals surface area (Å²) in [4.78, 5) is 12.3. The van der Waals surface area contributed by atoms with Crippen molar-refractivity contribution in [3.05, 3.63) is 120 Å². The highest BCUT2D eigenvalue weighted by Crippen LogP contribution is 2.29. The van der Waals surface area contributed by atoms with Crippen molar-refractivity contribution in [1.29, 1.82) is 0 Å². The lowest BCUT2D eigenvalue weighted by Gasteiger charge is -2.46. The molecule has 0 saturated carbocycles. The van der Waals surface area contributed by atoms with E-state index >= 15 is 0 Å². The molecule has 1 N–H and O–H groups in total. The fourth-order valence-corrected chi connectivity index (χ4v) is 4.53. The first-order valence-corrected chi connectivity index (χ1v) is 13.2. The van der Waals surface area contributed by atoms with Crippen molar-refractivity contribution in [1.82, 2.24) is 5.32 Å². The van der Waals surface area contributed by atoms with Crippen molar-refractivity contribution in [2.75, 3.05) is 13.2 Å². The van der Waals surface area contributed by atoms with Gasteiger partial charge in [0.05, 0.1) is 33.0 Å². The molecule has 1 saturated heterocycles. The number of benzene rings is 3. The van der Waals surface area contributed by atoms with E-state index in [4.69, 9.17) is 23.7 Å². The lowest BCUT2D eigenvalue weighted by atomic mass is 9.95. The number of amides is 1. The molecule has 7 heteroatoms. The van der Waals surface area contributed by atoms with Crippen LogP contribution < -0.4 is 5.32 Å². The summed E-state index contributed by atoms with van der Waals surface area (Å²) in [6.45, 7) is 6.83. The Hall–Kier alpha value is -3.33. The molecule has 5 atom stereocenters. The predicted octanol–water partition coefficient (Wildman–Crippen LogP) is 4.81. The maximum Gasteiger partial charge on any atom is 0.217 e. The van der Waals surface area contributed by atoms with Crippen molar-refractivity contribution in [2.45, 2.75) is 57.4 Å². The summed E-state index contributed by atoms with van der Waals surface area (Å²) in [5.41, 5.74) is 3.08. The Morgan fingerprint density at radius 1 is 0.795 bits per heavy atom. The van der Waals surface area contributed by atoms with E-state index in [0.717, 1.165) is 16.7 Å². The summed E-state index contributed by atoms with van der Waals surface area (Å²) >= 11 is 0. The summed E-state index contributed by atoms with van der Waals surface area (Å²) in [5, 5.41) is 2.99. The van der Waals surface area contributed by atoms with E-state index in [1.165, 1.54) is 6.92 Å². The molecule has 0 unspecified atom stereocenters. The topological polar surface area (TPSA) is 75.2 Å². The molecule has 0 bridgehead atoms. The number of carbonyl (C=O) groups is 1. The van der Waals surface area contributed by atoms with Crippen molar-refractivity contribution < 1.29 is 28.5 Å². The molecule has 206 valence electrons. The molecule has 4 rings (SSSR count). The molecule has 3 aromatic rings. The quantitative estimate of drug-likeness (QED) is 0.301. The van der Waals surface area contributed by atoms with E-state index in [-0.39, 0.29) is 19.1 Å². The van der Waals surface area contributed by atoms with Gasteiger partial charge in [0.2, 0.25) is 5.91 Å². The normalized spacial score (nSPS) is 22.7. The minimum atomic E-state index is -0.783. The van der Waals surface area contributed by atoms with Gasteiger partial charge in [-0.15, -0.1) is 6.58 Å². The molecule has 1 amide bonds. The molecule has 1 fully saturated rings. The Morgan fingerprint density at radius 3 is 1.82 bits per heavy atom. The maximum atomic E-state index is 12.3. The van der Waals surface area contributed by atoms with Crippen LogP contribution in [-0.2, 0) is 48.3 Å². The monoisotopic (exact) mass is 531 g/mol. The lowest BCUT2D eigenvalue weighted by Crippen LogP contribution is -2.66. The number of hydrogen-bond donors (Lipinski definition) is 1. The Labute approximate surface area is 230 Å². The summed E-state index contributed by atoms with van der Waals surface area (Å²) < 4.78 is 31.5. The summed E-state index contributed by atoms with van der Waals surface area (Å²) in [6, 6.07) is 29.2. The van der Waals surface area contributed by atoms with Crippen LogP contribution in [0, 0.1) is 0 Å². The van der Waals surface area contributed by atoms with Crippen molar-refractivity contribution in [2.24, 2.45) is 0 Å². The van der Waals surface area contributed by atoms with Crippen molar-refractivity contribution in [3.63, 3.8) is 0 Å². The van der Waals surface area contributed by atoms with Crippen LogP contribution in [0.15, 0.2) is 104 Å². The molecule has 0 spiro atoms. The van der Waals surface area contributed by atoms with Gasteiger partial charge >= 0.3 is 0 Å². The van der Waals surface area contributed by atoms with Crippen molar-refractivity contribution in [3.8, 4) is 0 Å². The van der Waals surface area contributed by atoms with Gasteiger partial charge in [0, 0.05) is 6.92 Å². The first kappa shape index (κ1) is 28.7. The van der Waals surface area contributed by atoms with E-state index in [9.17, 15) is 4.79 Å². The van der Waals surface area contributed by atoms with Gasteiger partial charge in [-0.2, -0.15) is 0 Å². The fourth-order valence-electron chi connectivity index (χ4n) is 4.53. The minimum Gasteiger partial charge on any atom is -0.374 e. The number of hydrogen-bond acceptors (Lipinski definition) is 6. The SMILES string of the molecule is C=CCO[C@H]1O[C@H](COCc2ccccc2)[C@@H](OCc2ccccc2)[C@H](OCc2ccccc2)[C@H]1NC(C)=O. The van der Waals surface area contributed by atoms with Crippen LogP contribution >= 0.6 is 0 Å². The zero-order valence-corrected chi connectivity index (χ0v) is 22.3. The van der Waals surface area contributed by atoms with E-state index in [1.807, 2.05) is 91.0 Å². The Morgan fingerprint density at radius 2 is 1.31 bits per heavy atom. The molecule has 0 radical (unpaired) electrons. The third-order valence-corrected chi connectivity index (χ3v) is 6.36. The Balaban J connectivity index is 1.59. The first-order chi connectivity index (χ1) is 19.1. The van der Waals surface area contributed by atoms with Crippen LogP contribution in [0.25, 0.3) is 0 Å². The second kappa shape index (κ2) is 15.3. The van der Waals surface area contributed by atoms with E-state index in [0.29, 0.717) is 19.8 Å². The third-order valence-electron chi connectivity index (χ3n) is 6.36. The largest absolute Gasteiger partial charge is 0.374 e. The average molecular weight is 532 g/mol. The van der Waals surface area contributed by atoms with Crippen LogP contribution in [0.4, 0.5) is 0 Å². The first-order valence-electron chi connectivity index (χ1n) is 13.2. The van der Waals surface area contributed by atoms with E-state index < -0.39 is 30.6 Å². The van der Waals surface area contributed by atoms with Gasteiger partial charge in [-0.3, -0.25) is 4.79 Å². The maximum absolute atomic E-state index is 12.3. The van der Waals surface area contributed by atoms with Crippen LogP contribution in [0.3, 0.4) is 0 Å². The van der Waals surface area contributed by atoms with Crippen LogP contribution in [0.2, 0.25) is 0 Å². The van der Waals surface area contributed by atoms with E-state index in [1.54, 1.807) is 6.08 Å².